The van der Waals surface area contributed by atoms with E-state index in [-0.39, 0.29) is 0 Å². The molecular weight excluding hydrogens is 280 g/mol. The number of allylic oxidation sites excluding steroid dienone is 2. The van der Waals surface area contributed by atoms with E-state index in [0.29, 0.717) is 18.6 Å². The molecule has 0 N–H and O–H groups in total. The zero-order valence-corrected chi connectivity index (χ0v) is 13.4. The van der Waals surface area contributed by atoms with Crippen LogP contribution in [-0.4, -0.2) is 5.78 Å². The van der Waals surface area contributed by atoms with Crippen LogP contribution >= 0.6 is 0 Å². The highest BCUT2D eigenvalue weighted by molar-refractivity contribution is 5.91. The van der Waals surface area contributed by atoms with Gasteiger partial charge in [0.25, 0.3) is 0 Å². The molecule has 0 saturated carbocycles. The zero-order chi connectivity index (χ0) is 16.1. The molecule has 0 radical (unpaired) electrons. The number of Topliss-reactive ketones (excluding diaryl/α,β-unsaturated/α-hetero) is 1. The summed E-state index contributed by atoms with van der Waals surface area (Å²) in [5.41, 5.74) is 5.48. The fourth-order valence-corrected chi connectivity index (χ4v) is 2.92. The van der Waals surface area contributed by atoms with Crippen molar-refractivity contribution < 1.29 is 4.79 Å². The monoisotopic (exact) mass is 300 g/mol. The summed E-state index contributed by atoms with van der Waals surface area (Å²) in [4.78, 5) is 12.2. The van der Waals surface area contributed by atoms with Crippen LogP contribution in [0.1, 0.15) is 48.4 Å². The van der Waals surface area contributed by atoms with Gasteiger partial charge >= 0.3 is 0 Å². The van der Waals surface area contributed by atoms with Crippen LogP contribution in [0.3, 0.4) is 0 Å². The van der Waals surface area contributed by atoms with Crippen LogP contribution in [0.25, 0.3) is 5.57 Å². The van der Waals surface area contributed by atoms with Gasteiger partial charge in [-0.2, -0.15) is 0 Å². The summed E-state index contributed by atoms with van der Waals surface area (Å²) in [6.07, 6.45) is 5.04. The van der Waals surface area contributed by atoms with E-state index in [4.69, 9.17) is 0 Å². The maximum atomic E-state index is 12.2. The van der Waals surface area contributed by atoms with Crippen molar-refractivity contribution in [2.75, 3.05) is 0 Å². The van der Waals surface area contributed by atoms with Gasteiger partial charge in [-0.05, 0) is 41.7 Å². The Morgan fingerprint density at radius 3 is 2.52 bits per heavy atom. The van der Waals surface area contributed by atoms with E-state index in [0.717, 1.165) is 35.1 Å². The van der Waals surface area contributed by atoms with E-state index in [1.807, 2.05) is 37.3 Å². The Morgan fingerprint density at radius 1 is 1.00 bits per heavy atom. The van der Waals surface area contributed by atoms with Crippen molar-refractivity contribution in [3.63, 3.8) is 0 Å². The summed E-state index contributed by atoms with van der Waals surface area (Å²) >= 11 is 0. The van der Waals surface area contributed by atoms with Gasteiger partial charge in [0, 0.05) is 24.0 Å². The molecule has 2 aromatic rings. The fraction of sp³-hybridized carbons (Fsp3) is 0.227. The lowest BCUT2D eigenvalue weighted by atomic mass is 9.94. The van der Waals surface area contributed by atoms with Gasteiger partial charge in [-0.3, -0.25) is 4.79 Å². The lowest BCUT2D eigenvalue weighted by Crippen LogP contribution is -2.01. The third-order valence-corrected chi connectivity index (χ3v) is 4.11. The number of hydrogen-bond acceptors (Lipinski definition) is 1. The van der Waals surface area contributed by atoms with Crippen molar-refractivity contribution in [3.8, 4) is 11.8 Å². The second-order valence-corrected chi connectivity index (χ2v) is 5.85. The van der Waals surface area contributed by atoms with Gasteiger partial charge < -0.3 is 0 Å². The first kappa shape index (κ1) is 15.3. The molecule has 2 aromatic carbocycles. The van der Waals surface area contributed by atoms with E-state index in [1.54, 1.807) is 0 Å². The first-order chi connectivity index (χ1) is 11.3. The van der Waals surface area contributed by atoms with E-state index in [9.17, 15) is 4.79 Å². The first-order valence-electron chi connectivity index (χ1n) is 8.18. The molecule has 0 heterocycles. The maximum absolute atomic E-state index is 12.2. The van der Waals surface area contributed by atoms with Crippen molar-refractivity contribution in [2.45, 2.75) is 32.6 Å². The van der Waals surface area contributed by atoms with Gasteiger partial charge in [-0.25, -0.2) is 0 Å². The Balaban J connectivity index is 2.07. The van der Waals surface area contributed by atoms with Crippen LogP contribution in [0.2, 0.25) is 0 Å². The molecule has 0 aliphatic heterocycles. The molecular formula is C22H20O. The molecule has 3 rings (SSSR count). The predicted octanol–water partition coefficient (Wildman–Crippen LogP) is 4.79. The van der Waals surface area contributed by atoms with Gasteiger partial charge in [0.15, 0.2) is 0 Å². The van der Waals surface area contributed by atoms with Gasteiger partial charge in [0.2, 0.25) is 0 Å². The molecule has 0 aromatic heterocycles. The van der Waals surface area contributed by atoms with E-state index >= 15 is 0 Å². The third-order valence-electron chi connectivity index (χ3n) is 4.11. The highest BCUT2D eigenvalue weighted by Crippen LogP contribution is 2.25. The molecule has 0 saturated heterocycles. The number of benzene rings is 2. The number of ketones is 1. The standard InChI is InChI=1S/C22H20O/c1-2-7-21(23)16-20-15-13-18-9-4-3-8-17(18)12-14-19-10-5-6-11-22(19)20/h3-6,8-11,15H,2,7,13,16H2,1H3. The van der Waals surface area contributed by atoms with Gasteiger partial charge in [0.05, 0.1) is 0 Å². The van der Waals surface area contributed by atoms with Crippen molar-refractivity contribution in [3.05, 3.63) is 76.9 Å². The first-order valence-corrected chi connectivity index (χ1v) is 8.18. The van der Waals surface area contributed by atoms with Crippen LogP contribution in [-0.2, 0) is 11.2 Å². The summed E-state index contributed by atoms with van der Waals surface area (Å²) in [6.45, 7) is 2.05. The topological polar surface area (TPSA) is 17.1 Å². The van der Waals surface area contributed by atoms with Crippen LogP contribution in [0.4, 0.5) is 0 Å². The average molecular weight is 300 g/mol. The molecule has 0 amide bonds. The molecule has 1 heteroatoms. The average Bonchev–Trinajstić information content (AvgIpc) is 2.64. The molecule has 1 aliphatic carbocycles. The molecule has 1 nitrogen and oxygen atoms in total. The van der Waals surface area contributed by atoms with Gasteiger partial charge in [-0.1, -0.05) is 61.2 Å². The molecule has 0 unspecified atom stereocenters. The van der Waals surface area contributed by atoms with Crippen LogP contribution in [0.15, 0.2) is 54.6 Å². The molecule has 0 bridgehead atoms. The van der Waals surface area contributed by atoms with Crippen molar-refractivity contribution >= 4 is 11.4 Å². The molecule has 23 heavy (non-hydrogen) atoms. The summed E-state index contributed by atoms with van der Waals surface area (Å²) in [7, 11) is 0. The lowest BCUT2D eigenvalue weighted by molar-refractivity contribution is -0.118. The van der Waals surface area contributed by atoms with Crippen LogP contribution in [0, 0.1) is 11.8 Å². The van der Waals surface area contributed by atoms with E-state index in [2.05, 4.69) is 36.1 Å². The molecule has 0 fully saturated rings. The van der Waals surface area contributed by atoms with Crippen LogP contribution in [0.5, 0.6) is 0 Å². The lowest BCUT2D eigenvalue weighted by Gasteiger charge is -2.10. The van der Waals surface area contributed by atoms with Crippen molar-refractivity contribution in [1.29, 1.82) is 0 Å². The van der Waals surface area contributed by atoms with E-state index < -0.39 is 0 Å². The Morgan fingerprint density at radius 2 is 1.70 bits per heavy atom. The summed E-state index contributed by atoms with van der Waals surface area (Å²) in [5.74, 6) is 6.89. The normalized spacial score (nSPS) is 12.5. The Hall–Kier alpha value is -2.59. The minimum absolute atomic E-state index is 0.300. The Labute approximate surface area is 138 Å². The Kier molecular flexibility index (Phi) is 4.74. The number of hydrogen-bond donors (Lipinski definition) is 0. The van der Waals surface area contributed by atoms with Crippen LogP contribution < -0.4 is 0 Å². The molecule has 1 aliphatic rings. The SMILES string of the molecule is CCCC(=O)CC1=CCc2ccccc2C#Cc2ccccc21. The zero-order valence-electron chi connectivity index (χ0n) is 13.4. The molecule has 114 valence electrons. The number of rotatable bonds is 4. The Bertz CT molecular complexity index is 815. The molecule has 0 atom stereocenters. The van der Waals surface area contributed by atoms with Gasteiger partial charge in [-0.15, -0.1) is 0 Å². The van der Waals surface area contributed by atoms with Gasteiger partial charge in [0.1, 0.15) is 5.78 Å². The summed E-state index contributed by atoms with van der Waals surface area (Å²) < 4.78 is 0. The molecule has 0 spiro atoms. The minimum Gasteiger partial charge on any atom is -0.299 e. The minimum atomic E-state index is 0.300. The number of carbonyl (C=O) groups excluding carboxylic acids is 1. The second kappa shape index (κ2) is 7.11. The van der Waals surface area contributed by atoms with E-state index in [1.165, 1.54) is 5.56 Å². The quantitative estimate of drug-likeness (QED) is 0.742. The van der Waals surface area contributed by atoms with Crippen molar-refractivity contribution in [2.24, 2.45) is 0 Å². The summed E-state index contributed by atoms with van der Waals surface area (Å²) in [6, 6.07) is 16.4. The summed E-state index contributed by atoms with van der Waals surface area (Å²) in [5, 5.41) is 0. The maximum Gasteiger partial charge on any atom is 0.137 e. The largest absolute Gasteiger partial charge is 0.299 e. The highest BCUT2D eigenvalue weighted by Gasteiger charge is 2.12. The van der Waals surface area contributed by atoms with Crippen molar-refractivity contribution in [1.82, 2.24) is 0 Å². The predicted molar refractivity (Wildman–Crippen MR) is 95.1 cm³/mol. The number of carbonyl (C=O) groups is 1. The fourth-order valence-electron chi connectivity index (χ4n) is 2.92. The number of fused-ring (bicyclic) bond motifs is 2. The highest BCUT2D eigenvalue weighted by atomic mass is 16.1. The smallest absolute Gasteiger partial charge is 0.137 e. The third kappa shape index (κ3) is 3.60. The second-order valence-electron chi connectivity index (χ2n) is 5.85.